The summed E-state index contributed by atoms with van der Waals surface area (Å²) in [5, 5.41) is 0.410. The summed E-state index contributed by atoms with van der Waals surface area (Å²) in [7, 11) is -3.65. The van der Waals surface area contributed by atoms with Crippen molar-refractivity contribution in [2.75, 3.05) is 19.7 Å². The van der Waals surface area contributed by atoms with Gasteiger partial charge in [0.15, 0.2) is 12.4 Å². The number of hydrogen-bond donors (Lipinski definition) is 0. The van der Waals surface area contributed by atoms with E-state index in [9.17, 15) is 18.0 Å². The highest BCUT2D eigenvalue weighted by atomic mass is 35.5. The normalized spacial score (nSPS) is 15.2. The van der Waals surface area contributed by atoms with Crippen LogP contribution in [0.1, 0.15) is 40.0 Å². The van der Waals surface area contributed by atoms with Crippen LogP contribution >= 0.6 is 11.6 Å². The average Bonchev–Trinajstić information content (AvgIpc) is 2.72. The zero-order valence-corrected chi connectivity index (χ0v) is 16.7. The fourth-order valence-electron chi connectivity index (χ4n) is 3.00. The molecule has 0 aliphatic carbocycles. The molecule has 28 heavy (non-hydrogen) atoms. The summed E-state index contributed by atoms with van der Waals surface area (Å²) in [6, 6.07) is 12.0. The highest BCUT2D eigenvalue weighted by Crippen LogP contribution is 2.21. The molecule has 1 aliphatic rings. The van der Waals surface area contributed by atoms with Gasteiger partial charge in [-0.2, -0.15) is 4.31 Å². The molecule has 148 valence electrons. The molecular formula is C20H20ClNO5S. The second-order valence-corrected chi connectivity index (χ2v) is 8.88. The molecule has 1 heterocycles. The predicted octanol–water partition coefficient (Wildman–Crippen LogP) is 3.55. The Morgan fingerprint density at radius 2 is 1.64 bits per heavy atom. The summed E-state index contributed by atoms with van der Waals surface area (Å²) < 4.78 is 32.0. The van der Waals surface area contributed by atoms with Gasteiger partial charge in [0.05, 0.1) is 10.5 Å². The average molecular weight is 422 g/mol. The number of halogens is 1. The molecule has 0 N–H and O–H groups in total. The van der Waals surface area contributed by atoms with E-state index in [1.807, 2.05) is 0 Å². The summed E-state index contributed by atoms with van der Waals surface area (Å²) in [4.78, 5) is 24.5. The molecule has 0 atom stereocenters. The van der Waals surface area contributed by atoms with Crippen LogP contribution in [0.4, 0.5) is 0 Å². The number of esters is 1. The number of piperidine rings is 1. The quantitative estimate of drug-likeness (QED) is 0.526. The maximum Gasteiger partial charge on any atom is 0.338 e. The monoisotopic (exact) mass is 421 g/mol. The van der Waals surface area contributed by atoms with Gasteiger partial charge in [-0.05, 0) is 43.2 Å². The molecule has 0 aromatic heterocycles. The zero-order valence-electron chi connectivity index (χ0n) is 15.1. The van der Waals surface area contributed by atoms with Crippen molar-refractivity contribution in [2.24, 2.45) is 0 Å². The number of benzene rings is 2. The number of ether oxygens (including phenoxy) is 1. The van der Waals surface area contributed by atoms with Crippen LogP contribution in [0.3, 0.4) is 0 Å². The predicted molar refractivity (Wildman–Crippen MR) is 105 cm³/mol. The lowest BCUT2D eigenvalue weighted by molar-refractivity contribution is 0.0474. The molecule has 0 unspecified atom stereocenters. The van der Waals surface area contributed by atoms with E-state index in [1.54, 1.807) is 18.2 Å². The van der Waals surface area contributed by atoms with Crippen LogP contribution in [0.25, 0.3) is 0 Å². The molecule has 3 rings (SSSR count). The molecule has 2 aromatic rings. The van der Waals surface area contributed by atoms with Gasteiger partial charge in [0.25, 0.3) is 0 Å². The van der Waals surface area contributed by atoms with Crippen molar-refractivity contribution in [3.05, 3.63) is 64.7 Å². The van der Waals surface area contributed by atoms with Gasteiger partial charge in [0.1, 0.15) is 0 Å². The van der Waals surface area contributed by atoms with Gasteiger partial charge in [-0.3, -0.25) is 4.79 Å². The number of sulfonamides is 1. The van der Waals surface area contributed by atoms with E-state index in [2.05, 4.69) is 0 Å². The molecule has 0 radical (unpaired) electrons. The van der Waals surface area contributed by atoms with Crippen LogP contribution in [-0.4, -0.2) is 44.2 Å². The smallest absolute Gasteiger partial charge is 0.338 e. The number of carbonyl (C=O) groups excluding carboxylic acids is 2. The fraction of sp³-hybridized carbons (Fsp3) is 0.300. The van der Waals surface area contributed by atoms with Crippen LogP contribution in [0.5, 0.6) is 0 Å². The van der Waals surface area contributed by atoms with Crippen LogP contribution in [0.15, 0.2) is 53.4 Å². The van der Waals surface area contributed by atoms with E-state index in [4.69, 9.17) is 16.3 Å². The summed E-state index contributed by atoms with van der Waals surface area (Å²) in [5.41, 5.74) is 0.415. The SMILES string of the molecule is O=C(COC(=O)c1cccc(S(=O)(=O)N2CCCCC2)c1)c1cccc(Cl)c1. The highest BCUT2D eigenvalue weighted by molar-refractivity contribution is 7.89. The van der Waals surface area contributed by atoms with Crippen molar-refractivity contribution < 1.29 is 22.7 Å². The van der Waals surface area contributed by atoms with Gasteiger partial charge in [-0.1, -0.05) is 36.2 Å². The Hall–Kier alpha value is -2.22. The molecule has 8 heteroatoms. The first kappa shape index (κ1) is 20.5. The van der Waals surface area contributed by atoms with Crippen molar-refractivity contribution >= 4 is 33.4 Å². The molecule has 1 aliphatic heterocycles. The Labute approximate surface area is 169 Å². The lowest BCUT2D eigenvalue weighted by atomic mass is 10.1. The minimum atomic E-state index is -3.65. The summed E-state index contributed by atoms with van der Waals surface area (Å²) >= 11 is 5.85. The fourth-order valence-corrected chi connectivity index (χ4v) is 4.75. The van der Waals surface area contributed by atoms with Gasteiger partial charge >= 0.3 is 5.97 Å². The van der Waals surface area contributed by atoms with Gasteiger partial charge in [0.2, 0.25) is 10.0 Å². The summed E-state index contributed by atoms with van der Waals surface area (Å²) in [6.07, 6.45) is 2.66. The number of nitrogens with zero attached hydrogens (tertiary/aromatic N) is 1. The molecule has 2 aromatic carbocycles. The first-order valence-corrected chi connectivity index (χ1v) is 10.8. The lowest BCUT2D eigenvalue weighted by Crippen LogP contribution is -2.35. The van der Waals surface area contributed by atoms with E-state index in [0.717, 1.165) is 19.3 Å². The number of hydrogen-bond acceptors (Lipinski definition) is 5. The molecule has 0 spiro atoms. The number of rotatable bonds is 6. The van der Waals surface area contributed by atoms with Crippen LogP contribution in [0.2, 0.25) is 5.02 Å². The van der Waals surface area contributed by atoms with E-state index in [-0.39, 0.29) is 10.5 Å². The van der Waals surface area contributed by atoms with E-state index < -0.39 is 28.4 Å². The topological polar surface area (TPSA) is 80.8 Å². The third kappa shape index (κ3) is 4.79. The van der Waals surface area contributed by atoms with Crippen molar-refractivity contribution in [3.63, 3.8) is 0 Å². The van der Waals surface area contributed by atoms with Crippen molar-refractivity contribution in [2.45, 2.75) is 24.2 Å². The summed E-state index contributed by atoms with van der Waals surface area (Å²) in [5.74, 6) is -1.15. The Morgan fingerprint density at radius 1 is 0.964 bits per heavy atom. The first-order valence-electron chi connectivity index (χ1n) is 8.94. The Bertz CT molecular complexity index is 984. The minimum absolute atomic E-state index is 0.0463. The Morgan fingerprint density at radius 3 is 2.36 bits per heavy atom. The van der Waals surface area contributed by atoms with Crippen molar-refractivity contribution in [1.29, 1.82) is 0 Å². The molecule has 0 amide bonds. The molecule has 0 saturated carbocycles. The Balaban J connectivity index is 1.69. The van der Waals surface area contributed by atoms with Gasteiger partial charge in [0, 0.05) is 23.7 Å². The van der Waals surface area contributed by atoms with E-state index in [0.29, 0.717) is 23.7 Å². The molecule has 6 nitrogen and oxygen atoms in total. The Kier molecular flexibility index (Phi) is 6.49. The van der Waals surface area contributed by atoms with Crippen molar-refractivity contribution in [3.8, 4) is 0 Å². The van der Waals surface area contributed by atoms with Crippen molar-refractivity contribution in [1.82, 2.24) is 4.31 Å². The van der Waals surface area contributed by atoms with Gasteiger partial charge in [-0.25, -0.2) is 13.2 Å². The largest absolute Gasteiger partial charge is 0.454 e. The zero-order chi connectivity index (χ0) is 20.1. The third-order valence-electron chi connectivity index (χ3n) is 4.50. The summed E-state index contributed by atoms with van der Waals surface area (Å²) in [6.45, 7) is 0.499. The van der Waals surface area contributed by atoms with Crippen LogP contribution < -0.4 is 0 Å². The van der Waals surface area contributed by atoms with Crippen LogP contribution in [0, 0.1) is 0 Å². The molecule has 1 saturated heterocycles. The standard InChI is InChI=1S/C20H20ClNO5S/c21-17-8-4-6-15(12-17)19(23)14-27-20(24)16-7-5-9-18(13-16)28(25,26)22-10-2-1-3-11-22/h4-9,12-13H,1-3,10-11,14H2. The highest BCUT2D eigenvalue weighted by Gasteiger charge is 2.26. The first-order chi connectivity index (χ1) is 13.4. The lowest BCUT2D eigenvalue weighted by Gasteiger charge is -2.25. The minimum Gasteiger partial charge on any atom is -0.454 e. The number of carbonyl (C=O) groups is 2. The van der Waals surface area contributed by atoms with Gasteiger partial charge < -0.3 is 4.74 Å². The second kappa shape index (κ2) is 8.86. The van der Waals surface area contributed by atoms with Crippen LogP contribution in [-0.2, 0) is 14.8 Å². The van der Waals surface area contributed by atoms with E-state index >= 15 is 0 Å². The molecule has 0 bridgehead atoms. The maximum absolute atomic E-state index is 12.8. The van der Waals surface area contributed by atoms with E-state index in [1.165, 1.54) is 34.6 Å². The third-order valence-corrected chi connectivity index (χ3v) is 6.63. The molecular weight excluding hydrogens is 402 g/mol. The number of ketones is 1. The molecule has 1 fully saturated rings. The number of Topliss-reactive ketones (excluding diaryl/α,β-unsaturated/α-hetero) is 1. The maximum atomic E-state index is 12.8. The van der Waals surface area contributed by atoms with Gasteiger partial charge in [-0.15, -0.1) is 0 Å². The second-order valence-electron chi connectivity index (χ2n) is 6.50.